The molecule has 0 spiro atoms. The number of nitrogens with one attached hydrogen (secondary N) is 1. The van der Waals surface area contributed by atoms with Gasteiger partial charge in [0.15, 0.2) is 5.69 Å². The topological polar surface area (TPSA) is 159 Å². The second-order valence-corrected chi connectivity index (χ2v) is 6.31. The molecule has 13 heteroatoms. The van der Waals surface area contributed by atoms with E-state index >= 15 is 0 Å². The van der Waals surface area contributed by atoms with Crippen LogP contribution in [-0.2, 0) is 6.54 Å². The largest absolute Gasteiger partial charge is 0.497 e. The lowest BCUT2D eigenvalue weighted by atomic mass is 10.2. The van der Waals surface area contributed by atoms with Gasteiger partial charge >= 0.3 is 0 Å². The second kappa shape index (κ2) is 9.00. The number of ether oxygens (including phenoxy) is 2. The molecule has 0 bridgehead atoms. The highest BCUT2D eigenvalue weighted by Crippen LogP contribution is 2.22. The van der Waals surface area contributed by atoms with Crippen LogP contribution >= 0.6 is 0 Å². The molecule has 0 unspecified atom stereocenters. The van der Waals surface area contributed by atoms with Crippen LogP contribution in [0.2, 0.25) is 0 Å². The standard InChI is InChI=1S/C17H21N9O4/c1-25(2)9-12-14(20-24-26(12)16-15(18)22-30-23-16)17(27)21-19-8-10-7-11(28-3)5-6-13(10)29-4/h5-8H,9H2,1-4H3,(H2,18,22)(H,21,27). The maximum absolute atomic E-state index is 12.7. The van der Waals surface area contributed by atoms with Crippen molar-refractivity contribution in [3.05, 3.63) is 35.2 Å². The first-order valence-electron chi connectivity index (χ1n) is 8.67. The lowest BCUT2D eigenvalue weighted by Crippen LogP contribution is -2.23. The summed E-state index contributed by atoms with van der Waals surface area (Å²) >= 11 is 0. The molecule has 0 saturated heterocycles. The Labute approximate surface area is 171 Å². The van der Waals surface area contributed by atoms with Gasteiger partial charge in [0.05, 0.1) is 26.1 Å². The fraction of sp³-hybridized carbons (Fsp3) is 0.294. The lowest BCUT2D eigenvalue weighted by molar-refractivity contribution is 0.0948. The molecular weight excluding hydrogens is 394 g/mol. The molecule has 3 aromatic rings. The predicted molar refractivity (Wildman–Crippen MR) is 106 cm³/mol. The average Bonchev–Trinajstić information content (AvgIpc) is 3.33. The van der Waals surface area contributed by atoms with Crippen molar-refractivity contribution in [2.45, 2.75) is 6.54 Å². The smallest absolute Gasteiger partial charge is 0.293 e. The number of nitrogens with two attached hydrogens (primary N) is 1. The van der Waals surface area contributed by atoms with Gasteiger partial charge in [-0.3, -0.25) is 4.79 Å². The number of nitrogen functional groups attached to an aromatic ring is 1. The molecule has 0 radical (unpaired) electrons. The van der Waals surface area contributed by atoms with E-state index in [-0.39, 0.29) is 17.3 Å². The Morgan fingerprint density at radius 2 is 2.13 bits per heavy atom. The summed E-state index contributed by atoms with van der Waals surface area (Å²) in [6.45, 7) is 0.329. The van der Waals surface area contributed by atoms with Crippen molar-refractivity contribution in [2.24, 2.45) is 5.10 Å². The van der Waals surface area contributed by atoms with Crippen molar-refractivity contribution < 1.29 is 18.9 Å². The van der Waals surface area contributed by atoms with Crippen molar-refractivity contribution in [3.8, 4) is 17.3 Å². The molecule has 1 aromatic carbocycles. The lowest BCUT2D eigenvalue weighted by Gasteiger charge is -2.11. The number of anilines is 1. The van der Waals surface area contributed by atoms with Gasteiger partial charge in [0, 0.05) is 12.1 Å². The summed E-state index contributed by atoms with van der Waals surface area (Å²) < 4.78 is 16.4. The molecule has 0 aliphatic rings. The van der Waals surface area contributed by atoms with Crippen LogP contribution in [0.5, 0.6) is 11.5 Å². The number of hydrazone groups is 1. The second-order valence-electron chi connectivity index (χ2n) is 6.31. The zero-order chi connectivity index (χ0) is 21.7. The molecule has 158 valence electrons. The van der Waals surface area contributed by atoms with Crippen LogP contribution in [-0.4, -0.2) is 70.6 Å². The van der Waals surface area contributed by atoms with Gasteiger partial charge in [-0.2, -0.15) is 9.78 Å². The summed E-state index contributed by atoms with van der Waals surface area (Å²) in [5.74, 6) is 0.796. The fourth-order valence-corrected chi connectivity index (χ4v) is 2.58. The summed E-state index contributed by atoms with van der Waals surface area (Å²) in [6, 6.07) is 5.22. The van der Waals surface area contributed by atoms with Crippen LogP contribution < -0.4 is 20.6 Å². The highest BCUT2D eigenvalue weighted by atomic mass is 16.6. The number of aromatic nitrogens is 5. The first-order chi connectivity index (χ1) is 14.4. The summed E-state index contributed by atoms with van der Waals surface area (Å²) in [7, 11) is 6.75. The van der Waals surface area contributed by atoms with Gasteiger partial charge in [-0.15, -0.1) is 5.10 Å². The number of carbonyl (C=O) groups excluding carboxylic acids is 1. The van der Waals surface area contributed by atoms with E-state index in [1.807, 2.05) is 19.0 Å². The third-order valence-corrected chi connectivity index (χ3v) is 3.95. The molecule has 0 aliphatic carbocycles. The molecule has 0 saturated carbocycles. The highest BCUT2D eigenvalue weighted by Gasteiger charge is 2.24. The van der Waals surface area contributed by atoms with E-state index in [1.165, 1.54) is 18.0 Å². The van der Waals surface area contributed by atoms with Gasteiger partial charge in [0.2, 0.25) is 11.6 Å². The van der Waals surface area contributed by atoms with E-state index in [9.17, 15) is 4.79 Å². The van der Waals surface area contributed by atoms with Crippen molar-refractivity contribution in [1.82, 2.24) is 35.6 Å². The van der Waals surface area contributed by atoms with E-state index in [1.54, 1.807) is 25.3 Å². The SMILES string of the molecule is COc1ccc(OC)c(C=NNC(=O)c2nnn(-c3nonc3N)c2CN(C)C)c1. The number of nitrogens with zero attached hydrogens (tertiary/aromatic N) is 7. The summed E-state index contributed by atoms with van der Waals surface area (Å²) in [6.07, 6.45) is 1.44. The highest BCUT2D eigenvalue weighted by molar-refractivity contribution is 5.94. The number of methoxy groups -OCH3 is 2. The Bertz CT molecular complexity index is 1060. The first-order valence-corrected chi connectivity index (χ1v) is 8.67. The molecule has 3 rings (SSSR count). The number of carbonyl (C=O) groups is 1. The molecule has 30 heavy (non-hydrogen) atoms. The quantitative estimate of drug-likeness (QED) is 0.381. The van der Waals surface area contributed by atoms with Crippen molar-refractivity contribution in [3.63, 3.8) is 0 Å². The average molecular weight is 415 g/mol. The summed E-state index contributed by atoms with van der Waals surface area (Å²) in [5.41, 5.74) is 9.29. The number of hydrogen-bond donors (Lipinski definition) is 2. The minimum absolute atomic E-state index is 0.0232. The molecular formula is C17H21N9O4. The van der Waals surface area contributed by atoms with E-state index in [0.717, 1.165) is 0 Å². The van der Waals surface area contributed by atoms with Gasteiger partial charge in [-0.05, 0) is 42.6 Å². The number of benzene rings is 1. The third kappa shape index (κ3) is 4.35. The minimum Gasteiger partial charge on any atom is -0.497 e. The van der Waals surface area contributed by atoms with Crippen LogP contribution in [0.3, 0.4) is 0 Å². The minimum atomic E-state index is -0.564. The molecule has 2 heterocycles. The zero-order valence-electron chi connectivity index (χ0n) is 16.9. The van der Waals surface area contributed by atoms with Gasteiger partial charge in [-0.1, -0.05) is 5.21 Å². The number of rotatable bonds is 8. The van der Waals surface area contributed by atoms with Crippen LogP contribution in [0.25, 0.3) is 5.82 Å². The first kappa shape index (κ1) is 20.7. The van der Waals surface area contributed by atoms with E-state index in [0.29, 0.717) is 29.3 Å². The molecule has 13 nitrogen and oxygen atoms in total. The summed E-state index contributed by atoms with van der Waals surface area (Å²) in [5, 5.41) is 19.1. The molecule has 3 N–H and O–H groups in total. The van der Waals surface area contributed by atoms with Gasteiger partial charge < -0.3 is 20.1 Å². The van der Waals surface area contributed by atoms with Gasteiger partial charge in [0.25, 0.3) is 5.91 Å². The van der Waals surface area contributed by atoms with Gasteiger partial charge in [0.1, 0.15) is 11.5 Å². The number of amides is 1. The molecule has 0 aliphatic heterocycles. The van der Waals surface area contributed by atoms with E-state index < -0.39 is 5.91 Å². The summed E-state index contributed by atoms with van der Waals surface area (Å²) in [4.78, 5) is 14.5. The van der Waals surface area contributed by atoms with E-state index in [4.69, 9.17) is 15.2 Å². The van der Waals surface area contributed by atoms with Crippen molar-refractivity contribution in [2.75, 3.05) is 34.0 Å². The molecule has 0 atom stereocenters. The Morgan fingerprint density at radius 1 is 1.33 bits per heavy atom. The fourth-order valence-electron chi connectivity index (χ4n) is 2.58. The van der Waals surface area contributed by atoms with Crippen LogP contribution in [0.1, 0.15) is 21.7 Å². The third-order valence-electron chi connectivity index (χ3n) is 3.95. The maximum Gasteiger partial charge on any atom is 0.293 e. The maximum atomic E-state index is 12.7. The zero-order valence-corrected chi connectivity index (χ0v) is 16.9. The molecule has 0 fully saturated rings. The Kier molecular flexibility index (Phi) is 6.22. The van der Waals surface area contributed by atoms with Crippen molar-refractivity contribution >= 4 is 17.9 Å². The van der Waals surface area contributed by atoms with Crippen LogP contribution in [0.15, 0.2) is 27.9 Å². The molecule has 1 amide bonds. The Hall–Kier alpha value is -4.00. The van der Waals surface area contributed by atoms with Crippen molar-refractivity contribution in [1.29, 1.82) is 0 Å². The monoisotopic (exact) mass is 415 g/mol. The number of hydrogen-bond acceptors (Lipinski definition) is 11. The normalized spacial score (nSPS) is 11.2. The Balaban J connectivity index is 1.85. The molecule has 2 aromatic heterocycles. The van der Waals surface area contributed by atoms with E-state index in [2.05, 4.69) is 35.8 Å². The van der Waals surface area contributed by atoms with Crippen LogP contribution in [0.4, 0.5) is 5.82 Å². The Morgan fingerprint density at radius 3 is 2.77 bits per heavy atom. The van der Waals surface area contributed by atoms with Gasteiger partial charge in [-0.25, -0.2) is 10.1 Å². The predicted octanol–water partition coefficient (Wildman–Crippen LogP) is 0.0752. The van der Waals surface area contributed by atoms with Crippen LogP contribution in [0, 0.1) is 0 Å².